The van der Waals surface area contributed by atoms with Gasteiger partial charge < -0.3 is 19.4 Å². The monoisotopic (exact) mass is 455 g/mol. The molecule has 0 bridgehead atoms. The van der Waals surface area contributed by atoms with Gasteiger partial charge in [-0.1, -0.05) is 23.9 Å². The SMILES string of the molecule is CCOc1ccccc1-c1nnc(SCC(=O)Nc2sc3c(c2C#N)CCN(C)C3)o1. The largest absolute Gasteiger partial charge is 0.493 e. The number of fused-ring (bicyclic) bond motifs is 1. The van der Waals surface area contributed by atoms with Crippen LogP contribution >= 0.6 is 23.1 Å². The molecule has 1 N–H and O–H groups in total. The van der Waals surface area contributed by atoms with Crippen LogP contribution in [-0.2, 0) is 17.8 Å². The van der Waals surface area contributed by atoms with Crippen LogP contribution < -0.4 is 10.1 Å². The Hall–Kier alpha value is -2.87. The highest BCUT2D eigenvalue weighted by molar-refractivity contribution is 7.99. The Morgan fingerprint density at radius 3 is 3.06 bits per heavy atom. The molecule has 2 aromatic heterocycles. The lowest BCUT2D eigenvalue weighted by Crippen LogP contribution is -2.25. The van der Waals surface area contributed by atoms with Crippen LogP contribution in [0.2, 0.25) is 0 Å². The van der Waals surface area contributed by atoms with E-state index in [1.165, 1.54) is 11.3 Å². The van der Waals surface area contributed by atoms with Crippen molar-refractivity contribution in [3.05, 3.63) is 40.3 Å². The Kier molecular flexibility index (Phi) is 6.56. The molecule has 0 aliphatic carbocycles. The van der Waals surface area contributed by atoms with E-state index in [-0.39, 0.29) is 11.7 Å². The number of thioether (sulfide) groups is 1. The Morgan fingerprint density at radius 1 is 1.42 bits per heavy atom. The third kappa shape index (κ3) is 4.74. The molecule has 3 aromatic rings. The number of nitrogens with one attached hydrogen (secondary N) is 1. The minimum Gasteiger partial charge on any atom is -0.493 e. The van der Waals surface area contributed by atoms with E-state index in [2.05, 4.69) is 33.5 Å². The van der Waals surface area contributed by atoms with Gasteiger partial charge in [-0.15, -0.1) is 21.5 Å². The summed E-state index contributed by atoms with van der Waals surface area (Å²) in [4.78, 5) is 15.8. The first-order valence-electron chi connectivity index (χ1n) is 9.80. The number of anilines is 1. The first-order valence-corrected chi connectivity index (χ1v) is 11.6. The summed E-state index contributed by atoms with van der Waals surface area (Å²) in [5.41, 5.74) is 2.35. The fourth-order valence-electron chi connectivity index (χ4n) is 3.33. The molecule has 1 aromatic carbocycles. The summed E-state index contributed by atoms with van der Waals surface area (Å²) in [6.07, 6.45) is 0.823. The molecule has 0 spiro atoms. The second-order valence-corrected chi connectivity index (χ2v) is 8.98. The molecule has 8 nitrogen and oxygen atoms in total. The van der Waals surface area contributed by atoms with Gasteiger partial charge in [0, 0.05) is 18.0 Å². The average molecular weight is 456 g/mol. The van der Waals surface area contributed by atoms with Gasteiger partial charge in [-0.05, 0) is 38.1 Å². The van der Waals surface area contributed by atoms with Crippen molar-refractivity contribution >= 4 is 34.0 Å². The number of carbonyl (C=O) groups excluding carboxylic acids is 1. The van der Waals surface area contributed by atoms with Crippen molar-refractivity contribution < 1.29 is 13.9 Å². The number of nitriles is 1. The van der Waals surface area contributed by atoms with Gasteiger partial charge >= 0.3 is 0 Å². The number of ether oxygens (including phenoxy) is 1. The third-order valence-electron chi connectivity index (χ3n) is 4.76. The van der Waals surface area contributed by atoms with Crippen molar-refractivity contribution in [2.45, 2.75) is 25.1 Å². The Bertz CT molecular complexity index is 1130. The van der Waals surface area contributed by atoms with Gasteiger partial charge in [-0.2, -0.15) is 5.26 Å². The summed E-state index contributed by atoms with van der Waals surface area (Å²) in [7, 11) is 2.05. The number of aromatic nitrogens is 2. The topological polar surface area (TPSA) is 104 Å². The van der Waals surface area contributed by atoms with Gasteiger partial charge in [0.2, 0.25) is 5.91 Å². The van der Waals surface area contributed by atoms with E-state index in [0.717, 1.165) is 41.7 Å². The van der Waals surface area contributed by atoms with E-state index in [0.29, 0.717) is 39.6 Å². The molecule has 1 amide bonds. The smallest absolute Gasteiger partial charge is 0.277 e. The second kappa shape index (κ2) is 9.51. The highest BCUT2D eigenvalue weighted by atomic mass is 32.2. The maximum absolute atomic E-state index is 12.5. The van der Waals surface area contributed by atoms with Gasteiger partial charge in [-0.25, -0.2) is 0 Å². The van der Waals surface area contributed by atoms with E-state index in [1.807, 2.05) is 31.2 Å². The molecule has 0 unspecified atom stereocenters. The predicted molar refractivity (Wildman–Crippen MR) is 119 cm³/mol. The fourth-order valence-corrected chi connectivity index (χ4v) is 5.19. The number of hydrogen-bond acceptors (Lipinski definition) is 9. The average Bonchev–Trinajstić information content (AvgIpc) is 3.36. The maximum atomic E-state index is 12.5. The van der Waals surface area contributed by atoms with Crippen molar-refractivity contribution in [2.75, 3.05) is 31.3 Å². The van der Waals surface area contributed by atoms with Crippen LogP contribution in [0.1, 0.15) is 22.9 Å². The van der Waals surface area contributed by atoms with Crippen molar-refractivity contribution in [1.82, 2.24) is 15.1 Å². The Labute approximate surface area is 188 Å². The summed E-state index contributed by atoms with van der Waals surface area (Å²) >= 11 is 2.63. The van der Waals surface area contributed by atoms with E-state index in [4.69, 9.17) is 9.15 Å². The van der Waals surface area contributed by atoms with Crippen LogP contribution in [0, 0.1) is 11.3 Å². The molecule has 1 aliphatic rings. The van der Waals surface area contributed by atoms with Crippen LogP contribution in [-0.4, -0.2) is 47.0 Å². The standard InChI is InChI=1S/C21H21N5O3S2/c1-3-28-16-7-5-4-6-14(16)19-24-25-21(29-19)30-12-18(27)23-20-15(10-22)13-8-9-26(2)11-17(13)31-20/h4-7H,3,8-9,11-12H2,1-2H3,(H,23,27). The molecular weight excluding hydrogens is 434 g/mol. The summed E-state index contributed by atoms with van der Waals surface area (Å²) in [6, 6.07) is 9.68. The maximum Gasteiger partial charge on any atom is 0.277 e. The van der Waals surface area contributed by atoms with Gasteiger partial charge in [0.1, 0.15) is 16.8 Å². The molecule has 0 atom stereocenters. The van der Waals surface area contributed by atoms with E-state index >= 15 is 0 Å². The zero-order valence-electron chi connectivity index (χ0n) is 17.2. The summed E-state index contributed by atoms with van der Waals surface area (Å²) < 4.78 is 11.3. The molecule has 0 fully saturated rings. The molecule has 1 aliphatic heterocycles. The molecule has 0 radical (unpaired) electrons. The molecule has 3 heterocycles. The number of thiophene rings is 1. The lowest BCUT2D eigenvalue weighted by Gasteiger charge is -2.21. The normalized spacial score (nSPS) is 13.5. The van der Waals surface area contributed by atoms with E-state index in [1.54, 1.807) is 0 Å². The van der Waals surface area contributed by atoms with Crippen LogP contribution in [0.4, 0.5) is 5.00 Å². The number of benzene rings is 1. The number of nitrogens with zero attached hydrogens (tertiary/aromatic N) is 4. The first kappa shape index (κ1) is 21.4. The van der Waals surface area contributed by atoms with Gasteiger partial charge in [-0.3, -0.25) is 4.79 Å². The van der Waals surface area contributed by atoms with Crippen molar-refractivity contribution in [3.63, 3.8) is 0 Å². The summed E-state index contributed by atoms with van der Waals surface area (Å²) in [6.45, 7) is 4.14. The minimum absolute atomic E-state index is 0.0993. The second-order valence-electron chi connectivity index (χ2n) is 6.95. The van der Waals surface area contributed by atoms with Gasteiger partial charge in [0.25, 0.3) is 11.1 Å². The number of carbonyl (C=O) groups is 1. The lowest BCUT2D eigenvalue weighted by molar-refractivity contribution is -0.113. The van der Waals surface area contributed by atoms with Crippen LogP contribution in [0.15, 0.2) is 33.9 Å². The van der Waals surface area contributed by atoms with Gasteiger partial charge in [0.15, 0.2) is 0 Å². The number of likely N-dealkylation sites (N-methyl/N-ethyl adjacent to an activating group) is 1. The Balaban J connectivity index is 1.40. The number of rotatable bonds is 7. The van der Waals surface area contributed by atoms with Crippen LogP contribution in [0.5, 0.6) is 5.75 Å². The highest BCUT2D eigenvalue weighted by Gasteiger charge is 2.24. The zero-order chi connectivity index (χ0) is 21.8. The molecule has 0 saturated heterocycles. The first-order chi connectivity index (χ1) is 15.1. The van der Waals surface area contributed by atoms with Crippen LogP contribution in [0.3, 0.4) is 0 Å². The highest BCUT2D eigenvalue weighted by Crippen LogP contribution is 2.36. The molecule has 160 valence electrons. The molecule has 4 rings (SSSR count). The van der Waals surface area contributed by atoms with Crippen molar-refractivity contribution in [3.8, 4) is 23.3 Å². The number of amides is 1. The van der Waals surface area contributed by atoms with E-state index < -0.39 is 0 Å². The molecular formula is C21H21N5O3S2. The lowest BCUT2D eigenvalue weighted by atomic mass is 10.0. The molecule has 31 heavy (non-hydrogen) atoms. The van der Waals surface area contributed by atoms with Crippen molar-refractivity contribution in [2.24, 2.45) is 0 Å². The quantitative estimate of drug-likeness (QED) is 0.537. The van der Waals surface area contributed by atoms with E-state index in [9.17, 15) is 10.1 Å². The Morgan fingerprint density at radius 2 is 2.26 bits per heavy atom. The number of hydrogen-bond donors (Lipinski definition) is 1. The summed E-state index contributed by atoms with van der Waals surface area (Å²) in [5, 5.41) is 21.5. The fraction of sp³-hybridized carbons (Fsp3) is 0.333. The minimum atomic E-state index is -0.220. The van der Waals surface area contributed by atoms with Crippen molar-refractivity contribution in [1.29, 1.82) is 5.26 Å². The summed E-state index contributed by atoms with van der Waals surface area (Å²) in [5.74, 6) is 0.887. The number of para-hydroxylation sites is 1. The van der Waals surface area contributed by atoms with Crippen LogP contribution in [0.25, 0.3) is 11.5 Å². The van der Waals surface area contributed by atoms with Gasteiger partial charge in [0.05, 0.1) is 23.5 Å². The molecule has 0 saturated carbocycles. The zero-order valence-corrected chi connectivity index (χ0v) is 18.8. The predicted octanol–water partition coefficient (Wildman–Crippen LogP) is 3.79. The molecule has 10 heteroatoms. The third-order valence-corrected chi connectivity index (χ3v) is 6.71.